The van der Waals surface area contributed by atoms with E-state index in [0.29, 0.717) is 11.9 Å². The average molecular weight is 292 g/mol. The third-order valence-corrected chi connectivity index (χ3v) is 4.78. The van der Waals surface area contributed by atoms with Crippen LogP contribution in [0.4, 0.5) is 5.82 Å². The van der Waals surface area contributed by atoms with Gasteiger partial charge in [-0.15, -0.1) is 11.6 Å². The van der Waals surface area contributed by atoms with Crippen LogP contribution in [0.25, 0.3) is 5.65 Å². The van der Waals surface area contributed by atoms with Gasteiger partial charge in [0.2, 0.25) is 0 Å². The third-order valence-electron chi connectivity index (χ3n) is 4.52. The molecule has 0 bridgehead atoms. The van der Waals surface area contributed by atoms with Crippen molar-refractivity contribution in [3.8, 4) is 0 Å². The normalized spacial score (nSPS) is 23.1. The first kappa shape index (κ1) is 13.7. The molecule has 2 heterocycles. The van der Waals surface area contributed by atoms with Crippen molar-refractivity contribution < 1.29 is 0 Å². The molecule has 1 aliphatic carbocycles. The van der Waals surface area contributed by atoms with E-state index in [2.05, 4.69) is 23.3 Å². The van der Waals surface area contributed by atoms with Crippen molar-refractivity contribution in [2.45, 2.75) is 44.5 Å². The lowest BCUT2D eigenvalue weighted by Gasteiger charge is -2.34. The number of rotatable bonds is 3. The van der Waals surface area contributed by atoms with Gasteiger partial charge in [-0.1, -0.05) is 25.8 Å². The summed E-state index contributed by atoms with van der Waals surface area (Å²) in [7, 11) is 2.17. The highest BCUT2D eigenvalue weighted by Gasteiger charge is 2.25. The summed E-state index contributed by atoms with van der Waals surface area (Å²) in [5, 5.41) is 0. The first-order valence-corrected chi connectivity index (χ1v) is 7.99. The summed E-state index contributed by atoms with van der Waals surface area (Å²) in [6, 6.07) is 6.67. The van der Waals surface area contributed by atoms with Gasteiger partial charge in [0.05, 0.1) is 11.6 Å². The summed E-state index contributed by atoms with van der Waals surface area (Å²) in [5.74, 6) is 2.35. The van der Waals surface area contributed by atoms with Crippen LogP contribution in [0.5, 0.6) is 0 Å². The molecule has 1 saturated carbocycles. The molecule has 1 fully saturated rings. The topological polar surface area (TPSA) is 20.5 Å². The molecule has 0 aromatic carbocycles. The molecule has 0 aliphatic heterocycles. The van der Waals surface area contributed by atoms with Crippen molar-refractivity contribution in [3.05, 3.63) is 30.1 Å². The van der Waals surface area contributed by atoms with Crippen molar-refractivity contribution >= 4 is 23.1 Å². The van der Waals surface area contributed by atoms with Crippen LogP contribution in [-0.2, 0) is 5.88 Å². The van der Waals surface area contributed by atoms with E-state index in [1.807, 2.05) is 24.4 Å². The Balaban J connectivity index is 1.96. The molecule has 0 spiro atoms. The molecule has 2 atom stereocenters. The fourth-order valence-electron chi connectivity index (χ4n) is 3.37. The Morgan fingerprint density at radius 3 is 3.00 bits per heavy atom. The molecule has 108 valence electrons. The van der Waals surface area contributed by atoms with Crippen molar-refractivity contribution in [2.24, 2.45) is 5.92 Å². The molecule has 1 aliphatic rings. The molecule has 2 unspecified atom stereocenters. The number of pyridine rings is 1. The molecule has 3 nitrogen and oxygen atoms in total. The number of anilines is 1. The highest BCUT2D eigenvalue weighted by Crippen LogP contribution is 2.31. The molecule has 0 saturated heterocycles. The fraction of sp³-hybridized carbons (Fsp3) is 0.562. The molecular formula is C16H22ClN3. The van der Waals surface area contributed by atoms with Gasteiger partial charge < -0.3 is 9.30 Å². The van der Waals surface area contributed by atoms with E-state index >= 15 is 0 Å². The summed E-state index contributed by atoms with van der Waals surface area (Å²) in [6.45, 7) is 2.35. The van der Waals surface area contributed by atoms with E-state index in [4.69, 9.17) is 16.6 Å². The van der Waals surface area contributed by atoms with E-state index in [0.717, 1.165) is 23.1 Å². The van der Waals surface area contributed by atoms with E-state index in [-0.39, 0.29) is 0 Å². The number of nitrogens with zero attached hydrogens (tertiary/aromatic N) is 3. The van der Waals surface area contributed by atoms with Crippen molar-refractivity contribution in [1.29, 1.82) is 0 Å². The van der Waals surface area contributed by atoms with Crippen LogP contribution in [0.3, 0.4) is 0 Å². The van der Waals surface area contributed by atoms with Crippen molar-refractivity contribution in [2.75, 3.05) is 11.9 Å². The summed E-state index contributed by atoms with van der Waals surface area (Å²) < 4.78 is 2.10. The number of hydrogen-bond acceptors (Lipinski definition) is 2. The zero-order valence-electron chi connectivity index (χ0n) is 12.2. The smallest absolute Gasteiger partial charge is 0.152 e. The van der Waals surface area contributed by atoms with E-state index in [1.54, 1.807) is 0 Å². The average Bonchev–Trinajstić information content (AvgIpc) is 2.85. The van der Waals surface area contributed by atoms with Crippen LogP contribution in [0, 0.1) is 5.92 Å². The van der Waals surface area contributed by atoms with Crippen LogP contribution < -0.4 is 4.90 Å². The minimum absolute atomic E-state index is 0.493. The lowest BCUT2D eigenvalue weighted by atomic mass is 9.86. The van der Waals surface area contributed by atoms with Gasteiger partial charge in [-0.2, -0.15) is 0 Å². The Labute approximate surface area is 125 Å². The Hall–Kier alpha value is -1.22. The maximum absolute atomic E-state index is 6.18. The van der Waals surface area contributed by atoms with Gasteiger partial charge >= 0.3 is 0 Å². The predicted molar refractivity (Wildman–Crippen MR) is 84.6 cm³/mol. The number of halogens is 1. The second kappa shape index (κ2) is 5.65. The monoisotopic (exact) mass is 291 g/mol. The van der Waals surface area contributed by atoms with Gasteiger partial charge in [0, 0.05) is 19.3 Å². The van der Waals surface area contributed by atoms with Gasteiger partial charge in [0.15, 0.2) is 5.82 Å². The van der Waals surface area contributed by atoms with Gasteiger partial charge in [-0.05, 0) is 30.9 Å². The number of aromatic nitrogens is 2. The minimum Gasteiger partial charge on any atom is -0.355 e. The Morgan fingerprint density at radius 2 is 2.25 bits per heavy atom. The molecule has 0 radical (unpaired) electrons. The Morgan fingerprint density at radius 1 is 1.40 bits per heavy atom. The first-order chi connectivity index (χ1) is 9.70. The zero-order chi connectivity index (χ0) is 14.1. The molecular weight excluding hydrogens is 270 g/mol. The lowest BCUT2D eigenvalue weighted by molar-refractivity contribution is 0.335. The lowest BCUT2D eigenvalue weighted by Crippen LogP contribution is -2.36. The number of hydrogen-bond donors (Lipinski definition) is 0. The zero-order valence-corrected chi connectivity index (χ0v) is 13.0. The minimum atomic E-state index is 0.493. The number of fused-ring (bicyclic) bond motifs is 1. The quantitative estimate of drug-likeness (QED) is 0.794. The second-order valence-corrected chi connectivity index (χ2v) is 6.25. The number of alkyl halides is 1. The summed E-state index contributed by atoms with van der Waals surface area (Å²) in [4.78, 5) is 7.14. The number of imidazole rings is 1. The maximum atomic E-state index is 6.18. The molecule has 4 heteroatoms. The van der Waals surface area contributed by atoms with E-state index < -0.39 is 0 Å². The van der Waals surface area contributed by atoms with Gasteiger partial charge in [0.1, 0.15) is 5.65 Å². The van der Waals surface area contributed by atoms with Crippen LogP contribution in [0.1, 0.15) is 38.3 Å². The molecule has 20 heavy (non-hydrogen) atoms. The van der Waals surface area contributed by atoms with Crippen molar-refractivity contribution in [1.82, 2.24) is 9.38 Å². The molecule has 0 N–H and O–H groups in total. The largest absolute Gasteiger partial charge is 0.355 e. The highest BCUT2D eigenvalue weighted by atomic mass is 35.5. The predicted octanol–water partition coefficient (Wildman–Crippen LogP) is 4.09. The van der Waals surface area contributed by atoms with Crippen LogP contribution >= 0.6 is 11.6 Å². The Bertz CT molecular complexity index is 592. The van der Waals surface area contributed by atoms with E-state index in [9.17, 15) is 0 Å². The van der Waals surface area contributed by atoms with E-state index in [1.165, 1.54) is 25.7 Å². The third kappa shape index (κ3) is 2.39. The standard InChI is InChI=1S/C16H22ClN3/c1-12-6-5-7-13(10-12)19(2)16-14(11-17)20-9-4-3-8-15(20)18-16/h3-4,8-9,12-13H,5-7,10-11H2,1-2H3. The summed E-state index contributed by atoms with van der Waals surface area (Å²) in [6.07, 6.45) is 7.24. The molecule has 2 aromatic heterocycles. The summed E-state index contributed by atoms with van der Waals surface area (Å²) >= 11 is 6.18. The van der Waals surface area contributed by atoms with Gasteiger partial charge in [-0.3, -0.25) is 0 Å². The van der Waals surface area contributed by atoms with Crippen LogP contribution in [0.2, 0.25) is 0 Å². The first-order valence-electron chi connectivity index (χ1n) is 7.45. The van der Waals surface area contributed by atoms with Crippen LogP contribution in [-0.4, -0.2) is 22.5 Å². The molecule has 3 rings (SSSR count). The maximum Gasteiger partial charge on any atom is 0.152 e. The van der Waals surface area contributed by atoms with Gasteiger partial charge in [0.25, 0.3) is 0 Å². The SMILES string of the molecule is CC1CCCC(N(C)c2nc3ccccn3c2CCl)C1. The summed E-state index contributed by atoms with van der Waals surface area (Å²) in [5.41, 5.74) is 2.08. The second-order valence-electron chi connectivity index (χ2n) is 5.98. The fourth-order valence-corrected chi connectivity index (χ4v) is 3.62. The highest BCUT2D eigenvalue weighted by molar-refractivity contribution is 6.17. The Kier molecular flexibility index (Phi) is 3.88. The molecule has 0 amide bonds. The molecule has 2 aromatic rings. The van der Waals surface area contributed by atoms with Crippen molar-refractivity contribution in [3.63, 3.8) is 0 Å². The van der Waals surface area contributed by atoms with Gasteiger partial charge in [-0.25, -0.2) is 4.98 Å². The van der Waals surface area contributed by atoms with Crippen LogP contribution in [0.15, 0.2) is 24.4 Å².